The average molecular weight is 191 g/mol. The first-order valence-corrected chi connectivity index (χ1v) is 4.71. The van der Waals surface area contributed by atoms with E-state index in [1.54, 1.807) is 6.20 Å². The molecule has 0 saturated carbocycles. The van der Waals surface area contributed by atoms with Crippen molar-refractivity contribution < 1.29 is 10.2 Å². The lowest BCUT2D eigenvalue weighted by molar-refractivity contribution is 0.288. The van der Waals surface area contributed by atoms with Crippen LogP contribution < -0.4 is 0 Å². The third kappa shape index (κ3) is 1.46. The van der Waals surface area contributed by atoms with E-state index in [0.29, 0.717) is 18.6 Å². The number of aromatic nitrogens is 1. The summed E-state index contributed by atoms with van der Waals surface area (Å²) >= 11 is 0. The van der Waals surface area contributed by atoms with Crippen molar-refractivity contribution in [2.24, 2.45) is 0 Å². The molecule has 3 nitrogen and oxygen atoms in total. The largest absolute Gasteiger partial charge is 0.507 e. The van der Waals surface area contributed by atoms with Gasteiger partial charge in [0.05, 0.1) is 0 Å². The summed E-state index contributed by atoms with van der Waals surface area (Å²) in [7, 11) is 0. The van der Waals surface area contributed by atoms with Gasteiger partial charge in [0.1, 0.15) is 5.75 Å². The average Bonchev–Trinajstić information content (AvgIpc) is 2.66. The Morgan fingerprint density at radius 3 is 2.86 bits per heavy atom. The minimum Gasteiger partial charge on any atom is -0.507 e. The van der Waals surface area contributed by atoms with Gasteiger partial charge in [0, 0.05) is 23.7 Å². The lowest BCUT2D eigenvalue weighted by atomic mass is 10.1. The van der Waals surface area contributed by atoms with E-state index in [0.717, 1.165) is 16.5 Å². The van der Waals surface area contributed by atoms with Crippen LogP contribution in [0.15, 0.2) is 24.4 Å². The molecule has 0 aliphatic rings. The van der Waals surface area contributed by atoms with E-state index >= 15 is 0 Å². The van der Waals surface area contributed by atoms with Gasteiger partial charge in [-0.25, -0.2) is 0 Å². The Hall–Kier alpha value is -1.48. The Morgan fingerprint density at radius 2 is 2.07 bits per heavy atom. The number of phenols is 1. The molecule has 3 N–H and O–H groups in total. The normalized spacial score (nSPS) is 10.9. The number of rotatable bonds is 3. The fourth-order valence-electron chi connectivity index (χ4n) is 1.63. The van der Waals surface area contributed by atoms with E-state index in [-0.39, 0.29) is 6.61 Å². The number of hydrogen-bond acceptors (Lipinski definition) is 2. The maximum Gasteiger partial charge on any atom is 0.128 e. The number of aliphatic hydroxyl groups is 1. The van der Waals surface area contributed by atoms with Gasteiger partial charge < -0.3 is 15.2 Å². The number of nitrogens with one attached hydrogen (secondary N) is 1. The van der Waals surface area contributed by atoms with Crippen molar-refractivity contribution in [2.45, 2.75) is 12.8 Å². The summed E-state index contributed by atoms with van der Waals surface area (Å²) in [5, 5.41) is 19.4. The minimum absolute atomic E-state index is 0.157. The molecule has 1 aromatic heterocycles. The lowest BCUT2D eigenvalue weighted by Crippen LogP contribution is -1.90. The molecule has 0 bridgehead atoms. The van der Waals surface area contributed by atoms with Gasteiger partial charge in [-0.15, -0.1) is 0 Å². The first-order valence-electron chi connectivity index (χ1n) is 4.71. The zero-order chi connectivity index (χ0) is 9.97. The maximum absolute atomic E-state index is 9.86. The van der Waals surface area contributed by atoms with E-state index in [9.17, 15) is 5.11 Å². The number of phenolic OH excluding ortho intramolecular Hbond substituents is 1. The molecule has 0 fully saturated rings. The molecule has 14 heavy (non-hydrogen) atoms. The SMILES string of the molecule is OCCCc1ccc2[nH]ccc2c1O. The molecule has 0 saturated heterocycles. The highest BCUT2D eigenvalue weighted by molar-refractivity contribution is 5.86. The van der Waals surface area contributed by atoms with Gasteiger partial charge in [0.2, 0.25) is 0 Å². The Kier molecular flexibility index (Phi) is 2.41. The second-order valence-electron chi connectivity index (χ2n) is 3.34. The van der Waals surface area contributed by atoms with Crippen LogP contribution >= 0.6 is 0 Å². The summed E-state index contributed by atoms with van der Waals surface area (Å²) in [6, 6.07) is 5.69. The molecule has 0 aliphatic heterocycles. The van der Waals surface area contributed by atoms with Gasteiger partial charge in [0.25, 0.3) is 0 Å². The van der Waals surface area contributed by atoms with E-state index in [2.05, 4.69) is 4.98 Å². The fourth-order valence-corrected chi connectivity index (χ4v) is 1.63. The van der Waals surface area contributed by atoms with Crippen LogP contribution in [0.5, 0.6) is 5.75 Å². The molecule has 2 aromatic rings. The van der Waals surface area contributed by atoms with Crippen molar-refractivity contribution in [1.82, 2.24) is 4.98 Å². The van der Waals surface area contributed by atoms with Crippen LogP contribution in [0.25, 0.3) is 10.9 Å². The molecular formula is C11H13NO2. The molecule has 2 rings (SSSR count). The summed E-state index contributed by atoms with van der Waals surface area (Å²) in [6.07, 6.45) is 3.20. The first-order chi connectivity index (χ1) is 6.83. The molecule has 1 aromatic carbocycles. The second-order valence-corrected chi connectivity index (χ2v) is 3.34. The van der Waals surface area contributed by atoms with Gasteiger partial charge in [-0.05, 0) is 30.5 Å². The number of aryl methyl sites for hydroxylation is 1. The van der Waals surface area contributed by atoms with Crippen molar-refractivity contribution in [3.63, 3.8) is 0 Å². The highest BCUT2D eigenvalue weighted by Gasteiger charge is 2.05. The highest BCUT2D eigenvalue weighted by Crippen LogP contribution is 2.28. The molecule has 1 heterocycles. The summed E-state index contributed by atoms with van der Waals surface area (Å²) in [5.41, 5.74) is 1.83. The molecular weight excluding hydrogens is 178 g/mol. The maximum atomic E-state index is 9.86. The van der Waals surface area contributed by atoms with Crippen LogP contribution in [-0.4, -0.2) is 21.8 Å². The predicted molar refractivity (Wildman–Crippen MR) is 55.4 cm³/mol. The predicted octanol–water partition coefficient (Wildman–Crippen LogP) is 1.80. The molecule has 0 radical (unpaired) electrons. The molecule has 0 unspecified atom stereocenters. The molecule has 0 amide bonds. The van der Waals surface area contributed by atoms with E-state index < -0.39 is 0 Å². The number of fused-ring (bicyclic) bond motifs is 1. The third-order valence-electron chi connectivity index (χ3n) is 2.39. The van der Waals surface area contributed by atoms with Gasteiger partial charge >= 0.3 is 0 Å². The standard InChI is InChI=1S/C11H13NO2/c13-7-1-2-8-3-4-10-9(11(8)14)5-6-12-10/h3-6,12-14H,1-2,7H2. The van der Waals surface area contributed by atoms with Crippen molar-refractivity contribution in [3.8, 4) is 5.75 Å². The van der Waals surface area contributed by atoms with Gasteiger partial charge in [-0.3, -0.25) is 0 Å². The molecule has 0 aliphatic carbocycles. The van der Waals surface area contributed by atoms with Gasteiger partial charge in [0.15, 0.2) is 0 Å². The zero-order valence-electron chi connectivity index (χ0n) is 7.83. The van der Waals surface area contributed by atoms with Gasteiger partial charge in [-0.2, -0.15) is 0 Å². The van der Waals surface area contributed by atoms with Gasteiger partial charge in [-0.1, -0.05) is 6.07 Å². The zero-order valence-corrected chi connectivity index (χ0v) is 7.83. The van der Waals surface area contributed by atoms with Crippen LogP contribution in [-0.2, 0) is 6.42 Å². The van der Waals surface area contributed by atoms with Crippen LogP contribution in [0.1, 0.15) is 12.0 Å². The Balaban J connectivity index is 2.40. The van der Waals surface area contributed by atoms with Crippen LogP contribution in [0, 0.1) is 0 Å². The van der Waals surface area contributed by atoms with Crippen LogP contribution in [0.2, 0.25) is 0 Å². The molecule has 0 spiro atoms. The number of hydrogen-bond donors (Lipinski definition) is 3. The van der Waals surface area contributed by atoms with Crippen molar-refractivity contribution in [1.29, 1.82) is 0 Å². The van der Waals surface area contributed by atoms with E-state index in [1.165, 1.54) is 0 Å². The Bertz CT molecular complexity index is 434. The topological polar surface area (TPSA) is 56.2 Å². The molecule has 0 atom stereocenters. The summed E-state index contributed by atoms with van der Waals surface area (Å²) in [4.78, 5) is 3.03. The van der Waals surface area contributed by atoms with Crippen molar-refractivity contribution in [2.75, 3.05) is 6.61 Å². The van der Waals surface area contributed by atoms with Crippen LogP contribution in [0.4, 0.5) is 0 Å². The van der Waals surface area contributed by atoms with Crippen molar-refractivity contribution in [3.05, 3.63) is 30.0 Å². The smallest absolute Gasteiger partial charge is 0.128 e. The molecule has 3 heteroatoms. The number of aromatic amines is 1. The number of aliphatic hydroxyl groups excluding tert-OH is 1. The molecule has 74 valence electrons. The Morgan fingerprint density at radius 1 is 1.21 bits per heavy atom. The monoisotopic (exact) mass is 191 g/mol. The van der Waals surface area contributed by atoms with E-state index in [4.69, 9.17) is 5.11 Å². The Labute approximate surface area is 82.0 Å². The summed E-state index contributed by atoms with van der Waals surface area (Å²) in [5.74, 6) is 0.331. The first kappa shape index (κ1) is 9.09. The fraction of sp³-hybridized carbons (Fsp3) is 0.273. The highest BCUT2D eigenvalue weighted by atomic mass is 16.3. The number of aromatic hydroxyl groups is 1. The van der Waals surface area contributed by atoms with E-state index in [1.807, 2.05) is 18.2 Å². The number of benzene rings is 1. The lowest BCUT2D eigenvalue weighted by Gasteiger charge is -2.04. The van der Waals surface area contributed by atoms with Crippen LogP contribution in [0.3, 0.4) is 0 Å². The number of H-pyrrole nitrogens is 1. The van der Waals surface area contributed by atoms with Crippen molar-refractivity contribution >= 4 is 10.9 Å². The quantitative estimate of drug-likeness (QED) is 0.692. The summed E-state index contributed by atoms with van der Waals surface area (Å²) in [6.45, 7) is 0.157. The second kappa shape index (κ2) is 3.72. The summed E-state index contributed by atoms with van der Waals surface area (Å²) < 4.78 is 0. The minimum atomic E-state index is 0.157. The third-order valence-corrected chi connectivity index (χ3v) is 2.39.